The molecule has 0 bridgehead atoms. The zero-order valence-corrected chi connectivity index (χ0v) is 22.3. The smallest absolute Gasteiger partial charge is 0.250 e. The van der Waals surface area contributed by atoms with Crippen LogP contribution in [0.2, 0.25) is 0 Å². The number of ether oxygens (including phenoxy) is 1. The molecule has 0 aliphatic heterocycles. The molecule has 0 unspecified atom stereocenters. The molecular weight excluding hydrogens is 598 g/mol. The lowest BCUT2D eigenvalue weighted by Gasteiger charge is -2.10. The maximum Gasteiger partial charge on any atom is 0.250 e. The van der Waals surface area contributed by atoms with Gasteiger partial charge in [0.25, 0.3) is 5.91 Å². The number of rotatable bonds is 8. The third-order valence-corrected chi connectivity index (χ3v) is 6.82. The minimum atomic E-state index is -0.303. The molecule has 4 aromatic rings. The summed E-state index contributed by atoms with van der Waals surface area (Å²) >= 11 is 7.98. The number of methoxy groups -OCH3 is 1. The zero-order valence-electron chi connectivity index (χ0n) is 18.4. The molecule has 8 nitrogen and oxygen atoms in total. The second-order valence-electron chi connectivity index (χ2n) is 7.12. The van der Waals surface area contributed by atoms with Crippen molar-refractivity contribution in [2.24, 2.45) is 5.10 Å². The van der Waals surface area contributed by atoms with E-state index in [0.717, 1.165) is 15.7 Å². The van der Waals surface area contributed by atoms with Crippen LogP contribution >= 0.6 is 43.6 Å². The highest BCUT2D eigenvalue weighted by Crippen LogP contribution is 2.34. The molecular formula is C24H19Br2N5O3S. The van der Waals surface area contributed by atoms with Gasteiger partial charge in [-0.05, 0) is 57.9 Å². The van der Waals surface area contributed by atoms with Crippen molar-refractivity contribution >= 4 is 55.7 Å². The van der Waals surface area contributed by atoms with E-state index in [4.69, 9.17) is 4.74 Å². The molecule has 0 fully saturated rings. The van der Waals surface area contributed by atoms with E-state index in [1.807, 2.05) is 59.2 Å². The average molecular weight is 617 g/mol. The molecule has 4 rings (SSSR count). The molecule has 0 aliphatic rings. The van der Waals surface area contributed by atoms with Gasteiger partial charge in [-0.3, -0.25) is 9.36 Å². The quantitative estimate of drug-likeness (QED) is 0.156. The Morgan fingerprint density at radius 2 is 1.89 bits per heavy atom. The highest BCUT2D eigenvalue weighted by molar-refractivity contribution is 9.10. The Hall–Kier alpha value is -3.15. The van der Waals surface area contributed by atoms with Crippen molar-refractivity contribution in [2.45, 2.75) is 5.16 Å². The van der Waals surface area contributed by atoms with Gasteiger partial charge >= 0.3 is 0 Å². The van der Waals surface area contributed by atoms with Gasteiger partial charge in [-0.25, -0.2) is 5.43 Å². The third kappa shape index (κ3) is 6.11. The molecule has 0 atom stereocenters. The van der Waals surface area contributed by atoms with Crippen LogP contribution in [0.15, 0.2) is 85.9 Å². The molecule has 35 heavy (non-hydrogen) atoms. The number of benzene rings is 3. The summed E-state index contributed by atoms with van der Waals surface area (Å²) in [7, 11) is 1.46. The molecule has 11 heteroatoms. The van der Waals surface area contributed by atoms with Crippen LogP contribution in [-0.2, 0) is 4.79 Å². The molecule has 2 N–H and O–H groups in total. The van der Waals surface area contributed by atoms with E-state index in [0.29, 0.717) is 26.8 Å². The van der Waals surface area contributed by atoms with Gasteiger partial charge < -0.3 is 9.84 Å². The van der Waals surface area contributed by atoms with Gasteiger partial charge in [0.1, 0.15) is 0 Å². The predicted molar refractivity (Wildman–Crippen MR) is 143 cm³/mol. The Labute approximate surface area is 222 Å². The SMILES string of the molecule is COc1cc(/C=N/NC(=O)CSc2nnc(-c3ccccc3)n2-c2ccc(Br)cc2)cc(Br)c1O. The van der Waals surface area contributed by atoms with Gasteiger partial charge in [-0.1, -0.05) is 58.0 Å². The van der Waals surface area contributed by atoms with E-state index in [1.54, 1.807) is 12.1 Å². The maximum atomic E-state index is 12.4. The third-order valence-electron chi connectivity index (χ3n) is 4.76. The number of nitrogens with zero attached hydrogens (tertiary/aromatic N) is 4. The molecule has 0 saturated heterocycles. The number of phenols is 1. The molecule has 0 aliphatic carbocycles. The highest BCUT2D eigenvalue weighted by Gasteiger charge is 2.17. The van der Waals surface area contributed by atoms with Crippen molar-refractivity contribution in [1.82, 2.24) is 20.2 Å². The zero-order chi connectivity index (χ0) is 24.8. The topological polar surface area (TPSA) is 102 Å². The minimum absolute atomic E-state index is 0.00478. The molecule has 1 heterocycles. The number of phenolic OH excluding ortho intramolecular Hbond substituents is 1. The Morgan fingerprint density at radius 3 is 2.60 bits per heavy atom. The molecule has 0 radical (unpaired) electrons. The van der Waals surface area contributed by atoms with E-state index in [1.165, 1.54) is 25.1 Å². The maximum absolute atomic E-state index is 12.4. The van der Waals surface area contributed by atoms with Gasteiger partial charge in [-0.2, -0.15) is 5.10 Å². The van der Waals surface area contributed by atoms with Gasteiger partial charge in [0.05, 0.1) is 23.5 Å². The molecule has 1 amide bonds. The summed E-state index contributed by atoms with van der Waals surface area (Å²) in [4.78, 5) is 12.4. The highest BCUT2D eigenvalue weighted by atomic mass is 79.9. The lowest BCUT2D eigenvalue weighted by atomic mass is 10.2. The Balaban J connectivity index is 1.48. The number of carbonyl (C=O) groups is 1. The van der Waals surface area contributed by atoms with Gasteiger partial charge in [0.2, 0.25) is 0 Å². The van der Waals surface area contributed by atoms with Crippen LogP contribution in [-0.4, -0.2) is 44.9 Å². The summed E-state index contributed by atoms with van der Waals surface area (Å²) in [6, 6.07) is 20.8. The standard InChI is InChI=1S/C24H19Br2N5O3S/c1-34-20-12-15(11-19(26)22(20)33)13-27-28-21(32)14-35-24-30-29-23(16-5-3-2-4-6-16)31(24)18-9-7-17(25)8-10-18/h2-13,33H,14H2,1H3,(H,28,32)/b27-13+. The number of nitrogens with one attached hydrogen (secondary N) is 1. The van der Waals surface area contributed by atoms with E-state index in [2.05, 4.69) is 52.6 Å². The van der Waals surface area contributed by atoms with E-state index in [9.17, 15) is 9.90 Å². The van der Waals surface area contributed by atoms with Crippen LogP contribution in [0.25, 0.3) is 17.1 Å². The van der Waals surface area contributed by atoms with Crippen molar-refractivity contribution < 1.29 is 14.6 Å². The van der Waals surface area contributed by atoms with Crippen molar-refractivity contribution in [2.75, 3.05) is 12.9 Å². The Kier molecular flexibility index (Phi) is 8.21. The Morgan fingerprint density at radius 1 is 1.14 bits per heavy atom. The number of aromatic nitrogens is 3. The lowest BCUT2D eigenvalue weighted by molar-refractivity contribution is -0.118. The monoisotopic (exact) mass is 615 g/mol. The number of halogens is 2. The number of hydrazone groups is 1. The van der Waals surface area contributed by atoms with Gasteiger partial charge in [0, 0.05) is 15.7 Å². The minimum Gasteiger partial charge on any atom is -0.503 e. The summed E-state index contributed by atoms with van der Waals surface area (Å²) in [5.41, 5.74) is 4.94. The van der Waals surface area contributed by atoms with Gasteiger partial charge in [-0.15, -0.1) is 10.2 Å². The summed E-state index contributed by atoms with van der Waals surface area (Å²) in [6.07, 6.45) is 1.47. The van der Waals surface area contributed by atoms with Gasteiger partial charge in [0.15, 0.2) is 22.5 Å². The summed E-state index contributed by atoms with van der Waals surface area (Å²) in [6.45, 7) is 0. The second kappa shape index (κ2) is 11.5. The number of carbonyl (C=O) groups excluding carboxylic acids is 1. The van der Waals surface area contributed by atoms with Crippen molar-refractivity contribution in [1.29, 1.82) is 0 Å². The van der Waals surface area contributed by atoms with E-state index < -0.39 is 0 Å². The van der Waals surface area contributed by atoms with Crippen LogP contribution in [0.4, 0.5) is 0 Å². The lowest BCUT2D eigenvalue weighted by Crippen LogP contribution is -2.20. The second-order valence-corrected chi connectivity index (χ2v) is 9.83. The first-order valence-corrected chi connectivity index (χ1v) is 12.8. The number of thioether (sulfide) groups is 1. The number of hydrogen-bond acceptors (Lipinski definition) is 7. The van der Waals surface area contributed by atoms with Crippen molar-refractivity contribution in [3.05, 3.63) is 81.2 Å². The van der Waals surface area contributed by atoms with Crippen LogP contribution in [0.3, 0.4) is 0 Å². The molecule has 3 aromatic carbocycles. The van der Waals surface area contributed by atoms with Crippen LogP contribution in [0, 0.1) is 0 Å². The molecule has 178 valence electrons. The predicted octanol–water partition coefficient (Wildman–Crippen LogP) is 5.42. The Bertz CT molecular complexity index is 1360. The number of amides is 1. The molecule has 0 saturated carbocycles. The van der Waals surface area contributed by atoms with Crippen molar-refractivity contribution in [3.63, 3.8) is 0 Å². The fourth-order valence-corrected chi connectivity index (χ4v) is 4.59. The fourth-order valence-electron chi connectivity index (χ4n) is 3.13. The number of hydrogen-bond donors (Lipinski definition) is 2. The largest absolute Gasteiger partial charge is 0.503 e. The van der Waals surface area contributed by atoms with Crippen molar-refractivity contribution in [3.8, 4) is 28.6 Å². The number of aromatic hydroxyl groups is 1. The summed E-state index contributed by atoms with van der Waals surface area (Å²) < 4.78 is 8.46. The van der Waals surface area contributed by atoms with E-state index in [-0.39, 0.29) is 17.4 Å². The fraction of sp³-hybridized carbons (Fsp3) is 0.0833. The normalized spacial score (nSPS) is 11.1. The average Bonchev–Trinajstić information content (AvgIpc) is 3.29. The first kappa shape index (κ1) is 25.0. The first-order chi connectivity index (χ1) is 17.0. The first-order valence-electron chi connectivity index (χ1n) is 10.2. The summed E-state index contributed by atoms with van der Waals surface area (Å²) in [5.74, 6) is 0.756. The van der Waals surface area contributed by atoms with Crippen LogP contribution < -0.4 is 10.2 Å². The summed E-state index contributed by atoms with van der Waals surface area (Å²) in [5, 5.41) is 23.2. The van der Waals surface area contributed by atoms with Crippen LogP contribution in [0.1, 0.15) is 5.56 Å². The molecule has 0 spiro atoms. The van der Waals surface area contributed by atoms with Crippen LogP contribution in [0.5, 0.6) is 11.5 Å². The molecule has 1 aromatic heterocycles. The van der Waals surface area contributed by atoms with E-state index >= 15 is 0 Å².